The minimum absolute atomic E-state index is 0.167. The second kappa shape index (κ2) is 11.2. The second-order valence-corrected chi connectivity index (χ2v) is 8.79. The van der Waals surface area contributed by atoms with Crippen LogP contribution in [-0.2, 0) is 13.1 Å². The van der Waals surface area contributed by atoms with E-state index in [1.54, 1.807) is 17.1 Å². The number of aromatic nitrogens is 4. The number of hydrogen-bond donors (Lipinski definition) is 1. The molecule has 0 amide bonds. The van der Waals surface area contributed by atoms with Crippen LogP contribution in [0.4, 0.5) is 5.82 Å². The van der Waals surface area contributed by atoms with Gasteiger partial charge in [0.15, 0.2) is 0 Å². The Hall–Kier alpha value is -3.96. The fourth-order valence-electron chi connectivity index (χ4n) is 4.59. The molecule has 1 aliphatic heterocycles. The number of piperazine rings is 1. The number of rotatable bonds is 5. The molecule has 0 aliphatic carbocycles. The van der Waals surface area contributed by atoms with Crippen molar-refractivity contribution in [3.05, 3.63) is 76.1 Å². The standard InChI is InChI=1S/C26H27N7O.C2H6/c1-18(2)8-12-33-24-23(21(15-27)25(33)31-13-10-28-11-14-31)30-17-32(26(24)34)16-22-20-6-4-3-5-19(20)7-9-29-22;1-2/h3-9,17,28H,10-14,16H2,1-2H3;1-2H3. The van der Waals surface area contributed by atoms with Crippen LogP contribution >= 0.6 is 0 Å². The molecular formula is C28H33N7O. The average molecular weight is 484 g/mol. The summed E-state index contributed by atoms with van der Waals surface area (Å²) in [5.41, 5.74) is 3.18. The molecule has 1 N–H and O–H groups in total. The lowest BCUT2D eigenvalue weighted by Crippen LogP contribution is -2.44. The van der Waals surface area contributed by atoms with E-state index in [9.17, 15) is 10.1 Å². The molecule has 0 atom stereocenters. The summed E-state index contributed by atoms with van der Waals surface area (Å²) in [6, 6.07) is 12.3. The van der Waals surface area contributed by atoms with Gasteiger partial charge in [-0.3, -0.25) is 14.3 Å². The molecule has 4 heterocycles. The first kappa shape index (κ1) is 25.1. The lowest BCUT2D eigenvalue weighted by atomic mass is 10.1. The van der Waals surface area contributed by atoms with E-state index < -0.39 is 0 Å². The van der Waals surface area contributed by atoms with Gasteiger partial charge in [0.2, 0.25) is 0 Å². The second-order valence-electron chi connectivity index (χ2n) is 8.79. The van der Waals surface area contributed by atoms with Crippen LogP contribution in [0.5, 0.6) is 0 Å². The average Bonchev–Trinajstić information content (AvgIpc) is 3.25. The molecule has 8 heteroatoms. The van der Waals surface area contributed by atoms with Crippen molar-refractivity contribution in [2.24, 2.45) is 0 Å². The smallest absolute Gasteiger partial charge is 0.278 e. The zero-order valence-electron chi connectivity index (χ0n) is 21.5. The lowest BCUT2D eigenvalue weighted by Gasteiger charge is -2.30. The minimum atomic E-state index is -0.167. The molecule has 0 unspecified atom stereocenters. The molecule has 1 fully saturated rings. The summed E-state index contributed by atoms with van der Waals surface area (Å²) in [6.07, 6.45) is 5.39. The highest BCUT2D eigenvalue weighted by Gasteiger charge is 2.26. The van der Waals surface area contributed by atoms with Crippen LogP contribution in [0.3, 0.4) is 0 Å². The number of nitriles is 1. The van der Waals surface area contributed by atoms with E-state index in [0.29, 0.717) is 29.7 Å². The van der Waals surface area contributed by atoms with Crippen molar-refractivity contribution in [2.45, 2.75) is 40.8 Å². The van der Waals surface area contributed by atoms with Crippen LogP contribution in [0.1, 0.15) is 39.0 Å². The van der Waals surface area contributed by atoms with Gasteiger partial charge in [0.1, 0.15) is 28.5 Å². The molecule has 1 aromatic carbocycles. The highest BCUT2D eigenvalue weighted by Crippen LogP contribution is 2.30. The first-order chi connectivity index (χ1) is 17.6. The van der Waals surface area contributed by atoms with Gasteiger partial charge in [-0.1, -0.05) is 49.8 Å². The van der Waals surface area contributed by atoms with Crippen LogP contribution in [0.15, 0.2) is 59.3 Å². The molecule has 36 heavy (non-hydrogen) atoms. The maximum Gasteiger partial charge on any atom is 0.278 e. The fraction of sp³-hybridized carbons (Fsp3) is 0.357. The van der Waals surface area contributed by atoms with E-state index in [1.807, 2.05) is 62.6 Å². The van der Waals surface area contributed by atoms with E-state index in [2.05, 4.69) is 32.3 Å². The zero-order valence-corrected chi connectivity index (χ0v) is 21.5. The summed E-state index contributed by atoms with van der Waals surface area (Å²) in [4.78, 5) is 25.2. The normalized spacial score (nSPS) is 13.2. The summed E-state index contributed by atoms with van der Waals surface area (Å²) in [6.45, 7) is 12.1. The highest BCUT2D eigenvalue weighted by atomic mass is 16.1. The molecule has 5 rings (SSSR count). The zero-order chi connectivity index (χ0) is 25.7. The highest BCUT2D eigenvalue weighted by molar-refractivity contribution is 5.89. The molecule has 8 nitrogen and oxygen atoms in total. The first-order valence-corrected chi connectivity index (χ1v) is 12.5. The third-order valence-corrected chi connectivity index (χ3v) is 6.29. The van der Waals surface area contributed by atoms with Crippen molar-refractivity contribution < 1.29 is 0 Å². The van der Waals surface area contributed by atoms with Crippen LogP contribution in [-0.4, -0.2) is 45.3 Å². The molecule has 4 aromatic rings. The van der Waals surface area contributed by atoms with Gasteiger partial charge in [-0.05, 0) is 25.3 Å². The van der Waals surface area contributed by atoms with E-state index in [-0.39, 0.29) is 5.56 Å². The van der Waals surface area contributed by atoms with Gasteiger partial charge >= 0.3 is 0 Å². The number of nitrogens with zero attached hydrogens (tertiary/aromatic N) is 6. The van der Waals surface area contributed by atoms with Crippen LogP contribution in [0, 0.1) is 11.3 Å². The van der Waals surface area contributed by atoms with Crippen LogP contribution < -0.4 is 15.8 Å². The Bertz CT molecular complexity index is 1490. The van der Waals surface area contributed by atoms with Gasteiger partial charge < -0.3 is 14.8 Å². The van der Waals surface area contributed by atoms with Crippen molar-refractivity contribution in [2.75, 3.05) is 31.1 Å². The number of benzene rings is 1. The van der Waals surface area contributed by atoms with Gasteiger partial charge in [0.25, 0.3) is 5.56 Å². The predicted octanol–water partition coefficient (Wildman–Crippen LogP) is 4.07. The van der Waals surface area contributed by atoms with Gasteiger partial charge in [0.05, 0.1) is 18.6 Å². The van der Waals surface area contributed by atoms with Crippen molar-refractivity contribution in [3.8, 4) is 6.07 Å². The molecule has 0 saturated carbocycles. The number of anilines is 1. The Labute approximate surface area is 211 Å². The molecule has 0 bridgehead atoms. The van der Waals surface area contributed by atoms with E-state index in [4.69, 9.17) is 0 Å². The quantitative estimate of drug-likeness (QED) is 0.430. The van der Waals surface area contributed by atoms with E-state index >= 15 is 0 Å². The molecule has 1 aliphatic rings. The van der Waals surface area contributed by atoms with Crippen molar-refractivity contribution in [3.63, 3.8) is 0 Å². The molecule has 0 radical (unpaired) electrons. The summed E-state index contributed by atoms with van der Waals surface area (Å²) in [7, 11) is 0. The van der Waals surface area contributed by atoms with Crippen molar-refractivity contribution >= 4 is 27.6 Å². The molecule has 0 spiro atoms. The van der Waals surface area contributed by atoms with Crippen LogP contribution in [0.2, 0.25) is 0 Å². The number of pyridine rings is 1. The molecule has 1 saturated heterocycles. The maximum absolute atomic E-state index is 13.8. The van der Waals surface area contributed by atoms with Crippen molar-refractivity contribution in [1.29, 1.82) is 5.26 Å². The topological polar surface area (TPSA) is 91.8 Å². The Kier molecular flexibility index (Phi) is 7.81. The van der Waals surface area contributed by atoms with Gasteiger partial charge in [-0.2, -0.15) is 5.26 Å². The molecular weight excluding hydrogens is 450 g/mol. The Morgan fingerprint density at radius 1 is 1.14 bits per heavy atom. The van der Waals surface area contributed by atoms with Crippen molar-refractivity contribution in [1.82, 2.24) is 24.4 Å². The predicted molar refractivity (Wildman–Crippen MR) is 145 cm³/mol. The molecule has 186 valence electrons. The maximum atomic E-state index is 13.8. The largest absolute Gasteiger partial charge is 0.354 e. The molecule has 3 aromatic heterocycles. The summed E-state index contributed by atoms with van der Waals surface area (Å²) >= 11 is 0. The minimum Gasteiger partial charge on any atom is -0.354 e. The Morgan fingerprint density at radius 3 is 2.61 bits per heavy atom. The third kappa shape index (κ3) is 4.75. The summed E-state index contributed by atoms with van der Waals surface area (Å²) < 4.78 is 3.56. The SMILES string of the molecule is CC.CC(C)=CCn1c(N2CCNCC2)c(C#N)c2ncn(Cc3nccc4ccccc34)c(=O)c21. The lowest BCUT2D eigenvalue weighted by molar-refractivity contribution is 0.576. The number of allylic oxidation sites excluding steroid dienone is 2. The Balaban J connectivity index is 0.00000148. The van der Waals surface area contributed by atoms with Gasteiger partial charge in [-0.25, -0.2) is 4.98 Å². The summed E-state index contributed by atoms with van der Waals surface area (Å²) in [5.74, 6) is 0.780. The monoisotopic (exact) mass is 483 g/mol. The van der Waals surface area contributed by atoms with Crippen LogP contribution in [0.25, 0.3) is 21.8 Å². The van der Waals surface area contributed by atoms with Gasteiger partial charge in [0, 0.05) is 44.3 Å². The Morgan fingerprint density at radius 2 is 1.89 bits per heavy atom. The number of hydrogen-bond acceptors (Lipinski definition) is 6. The summed E-state index contributed by atoms with van der Waals surface area (Å²) in [5, 5.41) is 15.5. The van der Waals surface area contributed by atoms with E-state index in [0.717, 1.165) is 54.0 Å². The fourth-order valence-corrected chi connectivity index (χ4v) is 4.59. The number of fused-ring (bicyclic) bond motifs is 2. The number of nitrogens with one attached hydrogen (secondary N) is 1. The van der Waals surface area contributed by atoms with E-state index in [1.165, 1.54) is 0 Å². The third-order valence-electron chi connectivity index (χ3n) is 6.29. The van der Waals surface area contributed by atoms with Gasteiger partial charge in [-0.15, -0.1) is 0 Å². The first-order valence-electron chi connectivity index (χ1n) is 12.5.